The van der Waals surface area contributed by atoms with Crippen molar-refractivity contribution in [2.45, 2.75) is 31.7 Å². The molecule has 2 aliphatic heterocycles. The normalized spacial score (nSPS) is 22.5. The van der Waals surface area contributed by atoms with Crippen LogP contribution in [-0.4, -0.2) is 50.1 Å². The summed E-state index contributed by atoms with van der Waals surface area (Å²) in [6.45, 7) is 1.78. The summed E-state index contributed by atoms with van der Waals surface area (Å²) in [5, 5.41) is 0. The van der Waals surface area contributed by atoms with Crippen molar-refractivity contribution < 1.29 is 19.1 Å². The van der Waals surface area contributed by atoms with E-state index >= 15 is 0 Å². The standard InChI is InChI=1S/C17H22N2O4/c1-22-13-8-12(9-14(10-13)23-2)19-16(20)11-15(17(19)21)18-6-4-3-5-7-18/h8-10,15H,3-7,11H2,1-2H3/t15-/m1/s1. The zero-order valence-electron chi connectivity index (χ0n) is 13.6. The highest BCUT2D eigenvalue weighted by Crippen LogP contribution is 2.33. The molecule has 6 heteroatoms. The van der Waals surface area contributed by atoms with Crippen LogP contribution >= 0.6 is 0 Å². The number of hydrogen-bond donors (Lipinski definition) is 0. The van der Waals surface area contributed by atoms with Gasteiger partial charge in [-0.2, -0.15) is 0 Å². The first-order valence-electron chi connectivity index (χ1n) is 7.98. The summed E-state index contributed by atoms with van der Waals surface area (Å²) in [6, 6.07) is 4.77. The third-order valence-electron chi connectivity index (χ3n) is 4.55. The first-order valence-corrected chi connectivity index (χ1v) is 7.98. The number of nitrogens with zero attached hydrogens (tertiary/aromatic N) is 2. The molecule has 2 saturated heterocycles. The Labute approximate surface area is 136 Å². The Bertz CT molecular complexity index is 588. The molecule has 0 aliphatic carbocycles. The van der Waals surface area contributed by atoms with Gasteiger partial charge in [0.15, 0.2) is 0 Å². The van der Waals surface area contributed by atoms with E-state index in [0.29, 0.717) is 17.2 Å². The molecule has 0 bridgehead atoms. The van der Waals surface area contributed by atoms with Crippen molar-refractivity contribution >= 4 is 17.5 Å². The molecule has 124 valence electrons. The highest BCUT2D eigenvalue weighted by Gasteiger charge is 2.43. The van der Waals surface area contributed by atoms with Crippen molar-refractivity contribution in [3.63, 3.8) is 0 Å². The lowest BCUT2D eigenvalue weighted by molar-refractivity contribution is -0.123. The maximum atomic E-state index is 12.8. The van der Waals surface area contributed by atoms with E-state index in [4.69, 9.17) is 9.47 Å². The number of methoxy groups -OCH3 is 2. The van der Waals surface area contributed by atoms with Crippen LogP contribution in [0, 0.1) is 0 Å². The Morgan fingerprint density at radius 2 is 1.57 bits per heavy atom. The number of hydrogen-bond acceptors (Lipinski definition) is 5. The smallest absolute Gasteiger partial charge is 0.251 e. The predicted molar refractivity (Wildman–Crippen MR) is 85.9 cm³/mol. The fourth-order valence-electron chi connectivity index (χ4n) is 3.32. The van der Waals surface area contributed by atoms with Crippen molar-refractivity contribution in [2.75, 3.05) is 32.2 Å². The number of benzene rings is 1. The second-order valence-corrected chi connectivity index (χ2v) is 5.95. The fraction of sp³-hybridized carbons (Fsp3) is 0.529. The third kappa shape index (κ3) is 3.03. The van der Waals surface area contributed by atoms with Crippen LogP contribution in [0.5, 0.6) is 11.5 Å². The summed E-state index contributed by atoms with van der Waals surface area (Å²) in [7, 11) is 3.09. The maximum absolute atomic E-state index is 12.8. The molecule has 3 rings (SSSR count). The lowest BCUT2D eigenvalue weighted by Gasteiger charge is -2.30. The number of amides is 2. The first-order chi connectivity index (χ1) is 11.1. The van der Waals surface area contributed by atoms with Gasteiger partial charge < -0.3 is 9.47 Å². The van der Waals surface area contributed by atoms with Crippen molar-refractivity contribution in [3.8, 4) is 11.5 Å². The molecular weight excluding hydrogens is 296 g/mol. The lowest BCUT2D eigenvalue weighted by atomic mass is 10.1. The number of piperidine rings is 1. The van der Waals surface area contributed by atoms with E-state index in [2.05, 4.69) is 4.90 Å². The average Bonchev–Trinajstić information content (AvgIpc) is 2.89. The molecule has 23 heavy (non-hydrogen) atoms. The molecule has 2 heterocycles. The first kappa shape index (κ1) is 15.8. The van der Waals surface area contributed by atoms with E-state index in [1.54, 1.807) is 32.4 Å². The number of rotatable bonds is 4. The van der Waals surface area contributed by atoms with Gasteiger partial charge in [-0.25, -0.2) is 4.90 Å². The minimum absolute atomic E-state index is 0.146. The summed E-state index contributed by atoms with van der Waals surface area (Å²) < 4.78 is 10.5. The van der Waals surface area contributed by atoms with Crippen molar-refractivity contribution in [3.05, 3.63) is 18.2 Å². The molecular formula is C17H22N2O4. The van der Waals surface area contributed by atoms with Gasteiger partial charge in [-0.3, -0.25) is 14.5 Å². The molecule has 2 fully saturated rings. The van der Waals surface area contributed by atoms with Crippen LogP contribution in [0.25, 0.3) is 0 Å². The number of carbonyl (C=O) groups is 2. The van der Waals surface area contributed by atoms with E-state index in [1.165, 1.54) is 11.3 Å². The topological polar surface area (TPSA) is 59.1 Å². The summed E-state index contributed by atoms with van der Waals surface area (Å²) in [4.78, 5) is 28.6. The zero-order valence-corrected chi connectivity index (χ0v) is 13.6. The third-order valence-corrected chi connectivity index (χ3v) is 4.55. The van der Waals surface area contributed by atoms with Gasteiger partial charge in [0, 0.05) is 18.2 Å². The monoisotopic (exact) mass is 318 g/mol. The van der Waals surface area contributed by atoms with Crippen LogP contribution < -0.4 is 14.4 Å². The SMILES string of the molecule is COc1cc(OC)cc(N2C(=O)C[C@@H](N3CCCCC3)C2=O)c1. The fourth-order valence-corrected chi connectivity index (χ4v) is 3.32. The number of anilines is 1. The molecule has 0 radical (unpaired) electrons. The Hall–Kier alpha value is -2.08. The highest BCUT2D eigenvalue weighted by molar-refractivity contribution is 6.22. The van der Waals surface area contributed by atoms with E-state index < -0.39 is 0 Å². The molecule has 1 aromatic rings. The Morgan fingerprint density at radius 3 is 2.13 bits per heavy atom. The summed E-state index contributed by atoms with van der Waals surface area (Å²) in [5.41, 5.74) is 0.510. The molecule has 6 nitrogen and oxygen atoms in total. The van der Waals surface area contributed by atoms with E-state index in [9.17, 15) is 9.59 Å². The number of imide groups is 1. The van der Waals surface area contributed by atoms with Gasteiger partial charge in [0.25, 0.3) is 5.91 Å². The average molecular weight is 318 g/mol. The highest BCUT2D eigenvalue weighted by atomic mass is 16.5. The van der Waals surface area contributed by atoms with E-state index in [1.807, 2.05) is 0 Å². The van der Waals surface area contributed by atoms with Gasteiger partial charge in [-0.15, -0.1) is 0 Å². The van der Waals surface area contributed by atoms with Crippen LogP contribution in [0.2, 0.25) is 0 Å². The summed E-state index contributed by atoms with van der Waals surface area (Å²) in [5.74, 6) is 0.802. The van der Waals surface area contributed by atoms with Crippen LogP contribution in [0.4, 0.5) is 5.69 Å². The minimum Gasteiger partial charge on any atom is -0.497 e. The minimum atomic E-state index is -0.333. The number of likely N-dealkylation sites (tertiary alicyclic amines) is 1. The molecule has 2 amide bonds. The largest absolute Gasteiger partial charge is 0.497 e. The quantitative estimate of drug-likeness (QED) is 0.793. The van der Waals surface area contributed by atoms with Crippen LogP contribution in [0.15, 0.2) is 18.2 Å². The summed E-state index contributed by atoms with van der Waals surface area (Å²) in [6.07, 6.45) is 3.62. The Balaban J connectivity index is 1.87. The second-order valence-electron chi connectivity index (χ2n) is 5.95. The molecule has 0 unspecified atom stereocenters. The molecule has 0 saturated carbocycles. The van der Waals surface area contributed by atoms with Gasteiger partial charge in [0.2, 0.25) is 5.91 Å². The molecule has 0 N–H and O–H groups in total. The lowest BCUT2D eigenvalue weighted by Crippen LogP contribution is -2.44. The van der Waals surface area contributed by atoms with Gasteiger partial charge in [0.05, 0.1) is 32.4 Å². The van der Waals surface area contributed by atoms with Crippen molar-refractivity contribution in [1.82, 2.24) is 4.90 Å². The van der Waals surface area contributed by atoms with Gasteiger partial charge in [0.1, 0.15) is 11.5 Å². The number of carbonyl (C=O) groups excluding carboxylic acids is 2. The van der Waals surface area contributed by atoms with Crippen molar-refractivity contribution in [1.29, 1.82) is 0 Å². The zero-order chi connectivity index (χ0) is 16.4. The van der Waals surface area contributed by atoms with Gasteiger partial charge >= 0.3 is 0 Å². The predicted octanol–water partition coefficient (Wildman–Crippen LogP) is 1.82. The summed E-state index contributed by atoms with van der Waals surface area (Å²) >= 11 is 0. The Kier molecular flexibility index (Phi) is 4.52. The van der Waals surface area contributed by atoms with Gasteiger partial charge in [-0.1, -0.05) is 6.42 Å². The van der Waals surface area contributed by atoms with Crippen LogP contribution in [0.1, 0.15) is 25.7 Å². The molecule has 1 aromatic carbocycles. The number of ether oxygens (including phenoxy) is 2. The molecule has 0 spiro atoms. The van der Waals surface area contributed by atoms with Crippen LogP contribution in [-0.2, 0) is 9.59 Å². The van der Waals surface area contributed by atoms with E-state index in [-0.39, 0.29) is 24.3 Å². The Morgan fingerprint density at radius 1 is 0.957 bits per heavy atom. The molecule has 0 aromatic heterocycles. The van der Waals surface area contributed by atoms with E-state index in [0.717, 1.165) is 25.9 Å². The molecule has 1 atom stereocenters. The maximum Gasteiger partial charge on any atom is 0.251 e. The van der Waals surface area contributed by atoms with Gasteiger partial charge in [-0.05, 0) is 25.9 Å². The van der Waals surface area contributed by atoms with Crippen molar-refractivity contribution in [2.24, 2.45) is 0 Å². The molecule has 2 aliphatic rings. The second kappa shape index (κ2) is 6.58. The van der Waals surface area contributed by atoms with Crippen LogP contribution in [0.3, 0.4) is 0 Å².